The van der Waals surface area contributed by atoms with Crippen molar-refractivity contribution >= 4 is 65.8 Å². The van der Waals surface area contributed by atoms with Gasteiger partial charge in [0.25, 0.3) is 5.91 Å². The Balaban J connectivity index is 1.76. The van der Waals surface area contributed by atoms with Crippen LogP contribution in [0, 0.1) is 0 Å². The Bertz CT molecular complexity index is 1190. The van der Waals surface area contributed by atoms with Crippen molar-refractivity contribution in [1.29, 1.82) is 0 Å². The molecule has 10 heteroatoms. The van der Waals surface area contributed by atoms with Crippen LogP contribution in [0.2, 0.25) is 10.0 Å². The molecule has 2 aromatic carbocycles. The van der Waals surface area contributed by atoms with Crippen molar-refractivity contribution < 1.29 is 13.2 Å². The second-order valence-electron chi connectivity index (χ2n) is 7.34. The summed E-state index contributed by atoms with van der Waals surface area (Å²) in [6.07, 6.45) is 3.45. The lowest BCUT2D eigenvalue weighted by molar-refractivity contribution is 0.102. The third-order valence-electron chi connectivity index (χ3n) is 4.91. The largest absolute Gasteiger partial charge is 0.298 e. The number of amides is 1. The molecule has 0 atom stereocenters. The first-order valence-corrected chi connectivity index (χ1v) is 13.4. The van der Waals surface area contributed by atoms with E-state index in [-0.39, 0.29) is 10.8 Å². The number of hydrogen-bond acceptors (Lipinski definition) is 5. The number of nitrogens with one attached hydrogen (secondary N) is 1. The fraction of sp³-hybridized carbons (Fsp3) is 0.364. The van der Waals surface area contributed by atoms with Crippen LogP contribution in [0.5, 0.6) is 0 Å². The SMILES string of the molecule is CCCCN(CCCC)S(=O)(=O)c1ccc(C(=O)Nc2nc3c(Cl)cc(Cl)cc3s2)cc1. The van der Waals surface area contributed by atoms with Crippen LogP contribution in [-0.4, -0.2) is 36.7 Å². The van der Waals surface area contributed by atoms with Crippen LogP contribution in [0.4, 0.5) is 5.13 Å². The fourth-order valence-corrected chi connectivity index (χ4v) is 6.23. The van der Waals surface area contributed by atoms with Crippen LogP contribution >= 0.6 is 34.5 Å². The van der Waals surface area contributed by atoms with Crippen molar-refractivity contribution in [3.8, 4) is 0 Å². The number of sulfonamides is 1. The summed E-state index contributed by atoms with van der Waals surface area (Å²) in [4.78, 5) is 17.2. The van der Waals surface area contributed by atoms with Gasteiger partial charge in [-0.3, -0.25) is 10.1 Å². The van der Waals surface area contributed by atoms with Crippen LogP contribution < -0.4 is 5.32 Å². The average Bonchev–Trinajstić information content (AvgIpc) is 3.16. The Morgan fingerprint density at radius 2 is 1.69 bits per heavy atom. The quantitative estimate of drug-likeness (QED) is 0.337. The van der Waals surface area contributed by atoms with Gasteiger partial charge in [0, 0.05) is 23.7 Å². The van der Waals surface area contributed by atoms with Crippen LogP contribution in [0.15, 0.2) is 41.3 Å². The number of carbonyl (C=O) groups excluding carboxylic acids is 1. The average molecular weight is 515 g/mol. The Hall–Kier alpha value is -1.71. The lowest BCUT2D eigenvalue weighted by atomic mass is 10.2. The molecule has 0 unspecified atom stereocenters. The zero-order chi connectivity index (χ0) is 23.3. The summed E-state index contributed by atoms with van der Waals surface area (Å²) in [6.45, 7) is 5.05. The highest BCUT2D eigenvalue weighted by molar-refractivity contribution is 7.89. The van der Waals surface area contributed by atoms with E-state index in [1.165, 1.54) is 39.9 Å². The van der Waals surface area contributed by atoms with E-state index in [9.17, 15) is 13.2 Å². The molecule has 0 aliphatic carbocycles. The van der Waals surface area contributed by atoms with Crippen molar-refractivity contribution in [2.75, 3.05) is 18.4 Å². The second kappa shape index (κ2) is 10.9. The number of anilines is 1. The number of thiazole rings is 1. The Morgan fingerprint density at radius 1 is 1.06 bits per heavy atom. The minimum Gasteiger partial charge on any atom is -0.298 e. The molecule has 0 saturated carbocycles. The molecule has 0 radical (unpaired) electrons. The summed E-state index contributed by atoms with van der Waals surface area (Å²) in [5.74, 6) is -0.385. The van der Waals surface area contributed by atoms with E-state index in [2.05, 4.69) is 10.3 Å². The molecule has 1 amide bonds. The molecule has 3 rings (SSSR count). The van der Waals surface area contributed by atoms with Gasteiger partial charge >= 0.3 is 0 Å². The van der Waals surface area contributed by atoms with Gasteiger partial charge in [0.1, 0.15) is 5.52 Å². The highest BCUT2D eigenvalue weighted by atomic mass is 35.5. The summed E-state index contributed by atoms with van der Waals surface area (Å²) < 4.78 is 28.4. The maximum Gasteiger partial charge on any atom is 0.257 e. The summed E-state index contributed by atoms with van der Waals surface area (Å²) in [5, 5.41) is 4.03. The molecule has 6 nitrogen and oxygen atoms in total. The first-order chi connectivity index (χ1) is 15.3. The molecule has 172 valence electrons. The standard InChI is InChI=1S/C22H25Cl2N3O3S2/c1-3-5-11-27(12-6-4-2)32(29,30)17-9-7-15(8-10-17)21(28)26-22-25-20-18(24)13-16(23)14-19(20)31-22/h7-10,13-14H,3-6,11-12H2,1-2H3,(H,25,26,28). The summed E-state index contributed by atoms with van der Waals surface area (Å²) >= 11 is 13.4. The number of benzene rings is 2. The van der Waals surface area contributed by atoms with E-state index >= 15 is 0 Å². The zero-order valence-electron chi connectivity index (χ0n) is 17.9. The predicted molar refractivity (Wildman–Crippen MR) is 133 cm³/mol. The highest BCUT2D eigenvalue weighted by Gasteiger charge is 2.24. The second-order valence-corrected chi connectivity index (χ2v) is 11.2. The third kappa shape index (κ3) is 5.80. The number of hydrogen-bond donors (Lipinski definition) is 1. The zero-order valence-corrected chi connectivity index (χ0v) is 21.0. The van der Waals surface area contributed by atoms with E-state index in [1.54, 1.807) is 12.1 Å². The van der Waals surface area contributed by atoms with Crippen molar-refractivity contribution in [2.24, 2.45) is 0 Å². The molecule has 1 N–H and O–H groups in total. The van der Waals surface area contributed by atoms with E-state index in [1.807, 2.05) is 13.8 Å². The van der Waals surface area contributed by atoms with Crippen molar-refractivity contribution in [3.63, 3.8) is 0 Å². The molecule has 1 aromatic heterocycles. The van der Waals surface area contributed by atoms with Gasteiger partial charge in [-0.05, 0) is 49.2 Å². The van der Waals surface area contributed by atoms with Gasteiger partial charge in [-0.15, -0.1) is 0 Å². The molecule has 0 fully saturated rings. The number of unbranched alkanes of at least 4 members (excludes halogenated alkanes) is 2. The van der Waals surface area contributed by atoms with Gasteiger partial charge in [0.05, 0.1) is 14.6 Å². The maximum absolute atomic E-state index is 13.1. The van der Waals surface area contributed by atoms with Crippen molar-refractivity contribution in [3.05, 3.63) is 52.0 Å². The topological polar surface area (TPSA) is 79.4 Å². The predicted octanol–water partition coefficient (Wildman–Crippen LogP) is 6.45. The third-order valence-corrected chi connectivity index (χ3v) is 8.25. The van der Waals surface area contributed by atoms with E-state index in [4.69, 9.17) is 23.2 Å². The minimum atomic E-state index is -3.61. The smallest absolute Gasteiger partial charge is 0.257 e. The Morgan fingerprint density at radius 3 is 2.28 bits per heavy atom. The van der Waals surface area contributed by atoms with Gasteiger partial charge < -0.3 is 0 Å². The molecule has 3 aromatic rings. The van der Waals surface area contributed by atoms with Crippen LogP contribution in [-0.2, 0) is 10.0 Å². The first-order valence-electron chi connectivity index (χ1n) is 10.4. The molecule has 0 spiro atoms. The lowest BCUT2D eigenvalue weighted by Crippen LogP contribution is -2.33. The molecule has 0 bridgehead atoms. The van der Waals surface area contributed by atoms with Gasteiger partial charge in [-0.1, -0.05) is 61.2 Å². The fourth-order valence-electron chi connectivity index (χ4n) is 3.13. The van der Waals surface area contributed by atoms with E-state index < -0.39 is 10.0 Å². The van der Waals surface area contributed by atoms with E-state index in [0.29, 0.717) is 39.3 Å². The normalized spacial score (nSPS) is 11.9. The van der Waals surface area contributed by atoms with Gasteiger partial charge in [0.15, 0.2) is 5.13 Å². The number of carbonyl (C=O) groups is 1. The summed E-state index contributed by atoms with van der Waals surface area (Å²) in [6, 6.07) is 9.31. The number of aromatic nitrogens is 1. The monoisotopic (exact) mass is 513 g/mol. The number of fused-ring (bicyclic) bond motifs is 1. The number of nitrogens with zero attached hydrogens (tertiary/aromatic N) is 2. The first kappa shape index (κ1) is 24.9. The Kier molecular flexibility index (Phi) is 8.52. The van der Waals surface area contributed by atoms with Crippen LogP contribution in [0.3, 0.4) is 0 Å². The highest BCUT2D eigenvalue weighted by Crippen LogP contribution is 2.34. The van der Waals surface area contributed by atoms with Gasteiger partial charge in [-0.2, -0.15) is 4.31 Å². The van der Waals surface area contributed by atoms with Gasteiger partial charge in [-0.25, -0.2) is 13.4 Å². The molecule has 0 aliphatic heterocycles. The van der Waals surface area contributed by atoms with Crippen LogP contribution in [0.1, 0.15) is 49.9 Å². The Labute approximate surface area is 202 Å². The van der Waals surface area contributed by atoms with Crippen molar-refractivity contribution in [1.82, 2.24) is 9.29 Å². The van der Waals surface area contributed by atoms with Crippen LogP contribution in [0.25, 0.3) is 10.2 Å². The number of rotatable bonds is 10. The summed E-state index contributed by atoms with van der Waals surface area (Å²) in [7, 11) is -3.61. The number of halogens is 2. The molecular weight excluding hydrogens is 489 g/mol. The molecular formula is C22H25Cl2N3O3S2. The molecule has 32 heavy (non-hydrogen) atoms. The molecule has 0 saturated heterocycles. The summed E-state index contributed by atoms with van der Waals surface area (Å²) in [5.41, 5.74) is 0.901. The van der Waals surface area contributed by atoms with E-state index in [0.717, 1.165) is 30.4 Å². The minimum absolute atomic E-state index is 0.183. The van der Waals surface area contributed by atoms with Gasteiger partial charge in [0.2, 0.25) is 10.0 Å². The van der Waals surface area contributed by atoms with Crippen molar-refractivity contribution in [2.45, 2.75) is 44.4 Å². The lowest BCUT2D eigenvalue weighted by Gasteiger charge is -2.22. The molecule has 0 aliphatic rings. The maximum atomic E-state index is 13.1. The molecule has 1 heterocycles.